The predicted octanol–water partition coefficient (Wildman–Crippen LogP) is 8.78. The normalized spacial score (nSPS) is 11.2. The minimum atomic E-state index is 0.388. The molecule has 0 radical (unpaired) electrons. The average Bonchev–Trinajstić information content (AvgIpc) is 3.14. The largest absolute Gasteiger partial charge is 0.323 e. The van der Waals surface area contributed by atoms with E-state index in [9.17, 15) is 0 Å². The van der Waals surface area contributed by atoms with Crippen molar-refractivity contribution in [1.29, 1.82) is 0 Å². The van der Waals surface area contributed by atoms with Crippen LogP contribution in [0.25, 0.3) is 40.3 Å². The zero-order valence-electron chi connectivity index (χ0n) is 28.4. The number of nitrogens with zero attached hydrogens (tertiary/aromatic N) is 9. The van der Waals surface area contributed by atoms with Crippen LogP contribution in [0.1, 0.15) is 67.3 Å². The highest BCUT2D eigenvalue weighted by Gasteiger charge is 2.07. The van der Waals surface area contributed by atoms with Crippen LogP contribution in [-0.2, 0) is 0 Å². The summed E-state index contributed by atoms with van der Waals surface area (Å²) in [6.45, 7) is 12.3. The van der Waals surface area contributed by atoms with E-state index in [0.717, 1.165) is 49.9 Å². The van der Waals surface area contributed by atoms with Gasteiger partial charge in [0.2, 0.25) is 0 Å². The van der Waals surface area contributed by atoms with Crippen molar-refractivity contribution in [1.82, 2.24) is 45.3 Å². The van der Waals surface area contributed by atoms with Crippen molar-refractivity contribution in [3.05, 3.63) is 132 Å². The van der Waals surface area contributed by atoms with Crippen LogP contribution in [0.5, 0.6) is 0 Å². The van der Waals surface area contributed by atoms with Crippen molar-refractivity contribution in [2.24, 2.45) is 0 Å². The van der Waals surface area contributed by atoms with Crippen LogP contribution >= 0.6 is 0 Å². The molecular weight excluding hydrogens is 623 g/mol. The fraction of sp³-hybridized carbons (Fsp3) is 0.154. The third kappa shape index (κ3) is 8.70. The Morgan fingerprint density at radius 1 is 0.540 bits per heavy atom. The summed E-state index contributed by atoms with van der Waals surface area (Å²) in [4.78, 5) is 22.1. The van der Waals surface area contributed by atoms with Gasteiger partial charge in [0.25, 0.3) is 0 Å². The van der Waals surface area contributed by atoms with Crippen LogP contribution in [-0.4, -0.2) is 45.3 Å². The van der Waals surface area contributed by atoms with E-state index in [1.807, 2.05) is 79.0 Å². The van der Waals surface area contributed by atoms with Gasteiger partial charge in [-0.2, -0.15) is 10.2 Å². The van der Waals surface area contributed by atoms with Crippen molar-refractivity contribution < 1.29 is 0 Å². The zero-order chi connectivity index (χ0) is 34.9. The number of fused-ring (bicyclic) bond motifs is 2. The van der Waals surface area contributed by atoms with Gasteiger partial charge in [0.05, 0.1) is 34.5 Å². The van der Waals surface area contributed by atoms with Gasteiger partial charge in [0.1, 0.15) is 11.6 Å². The van der Waals surface area contributed by atoms with E-state index in [4.69, 9.17) is 0 Å². The monoisotopic (exact) mass is 659 g/mol. The molecule has 0 aliphatic rings. The van der Waals surface area contributed by atoms with E-state index >= 15 is 0 Å². The number of aromatic nitrogens is 9. The Bertz CT molecular complexity index is 2270. The maximum Gasteiger partial charge on any atom is 0.154 e. The molecule has 0 amide bonds. The molecule has 0 unspecified atom stereocenters. The lowest BCUT2D eigenvalue weighted by Gasteiger charge is -2.08. The highest BCUT2D eigenvalue weighted by Crippen LogP contribution is 2.22. The lowest BCUT2D eigenvalue weighted by molar-refractivity contribution is 0.843. The van der Waals surface area contributed by atoms with Gasteiger partial charge in [-0.1, -0.05) is 52.5 Å². The Kier molecular flexibility index (Phi) is 10.4. The van der Waals surface area contributed by atoms with E-state index in [-0.39, 0.29) is 0 Å². The van der Waals surface area contributed by atoms with Crippen LogP contribution in [0.15, 0.2) is 104 Å². The van der Waals surface area contributed by atoms with Crippen LogP contribution in [0, 0.1) is 0 Å². The van der Waals surface area contributed by atoms with E-state index in [0.29, 0.717) is 35.1 Å². The second kappa shape index (κ2) is 15.6. The number of rotatable bonds is 9. The number of pyridine rings is 5. The predicted molar refractivity (Wildman–Crippen MR) is 201 cm³/mol. The van der Waals surface area contributed by atoms with Gasteiger partial charge in [-0.3, -0.25) is 15.0 Å². The Labute approximate surface area is 290 Å². The fourth-order valence-electron chi connectivity index (χ4n) is 4.83. The second-order valence-electron chi connectivity index (χ2n) is 12.1. The molecule has 7 rings (SSSR count). The molecule has 11 nitrogen and oxygen atoms in total. The summed E-state index contributed by atoms with van der Waals surface area (Å²) in [6, 6.07) is 19.5. The molecule has 0 saturated heterocycles. The minimum absolute atomic E-state index is 0.388. The van der Waals surface area contributed by atoms with Crippen LogP contribution in [0.4, 0.5) is 23.3 Å². The molecule has 0 spiro atoms. The second-order valence-corrected chi connectivity index (χ2v) is 12.1. The minimum Gasteiger partial charge on any atom is -0.323 e. The lowest BCUT2D eigenvalue weighted by atomic mass is 10.1. The number of hydrogen-bond donors (Lipinski definition) is 2. The first-order valence-electron chi connectivity index (χ1n) is 16.3. The lowest BCUT2D eigenvalue weighted by Crippen LogP contribution is -2.00. The van der Waals surface area contributed by atoms with E-state index < -0.39 is 0 Å². The maximum atomic E-state index is 4.68. The standard InChI is InChI=1S/C22H20N6.C17H17N5/c1-15(2)18-12-22(28-25-14-18)27-21-6-5-19-20(26-21)11-17(13-24-19)4-3-16-7-9-23-10-8-16;1-4-12-7-15-14(18-9-12)5-6-16(20-15)21-17-8-13(11(2)3)10-19-22-17/h3-15H,1-2H3,(H,26,27,28);4-11H,1H2,2-3H3,(H,20,21,22)/b4-3+;. The Hall–Kier alpha value is -6.49. The summed E-state index contributed by atoms with van der Waals surface area (Å²) in [7, 11) is 0. The molecule has 11 heteroatoms. The van der Waals surface area contributed by atoms with Crippen molar-refractivity contribution in [3.63, 3.8) is 0 Å². The smallest absolute Gasteiger partial charge is 0.154 e. The molecule has 0 aliphatic carbocycles. The van der Waals surface area contributed by atoms with Gasteiger partial charge in [0.15, 0.2) is 11.6 Å². The van der Waals surface area contributed by atoms with Gasteiger partial charge >= 0.3 is 0 Å². The summed E-state index contributed by atoms with van der Waals surface area (Å²) in [5.41, 5.74) is 8.59. The quantitative estimate of drug-likeness (QED) is 0.154. The molecule has 0 bridgehead atoms. The van der Waals surface area contributed by atoms with Gasteiger partial charge in [0, 0.05) is 24.8 Å². The number of anilines is 4. The van der Waals surface area contributed by atoms with Crippen molar-refractivity contribution in [2.75, 3.05) is 10.6 Å². The van der Waals surface area contributed by atoms with Gasteiger partial charge < -0.3 is 10.6 Å². The fourth-order valence-corrected chi connectivity index (χ4v) is 4.83. The molecule has 0 atom stereocenters. The molecule has 0 saturated carbocycles. The zero-order valence-corrected chi connectivity index (χ0v) is 28.4. The SMILES string of the molecule is C=Cc1cnc2ccc(Nc3cc(C(C)C)cnn3)nc2c1.CC(C)c1cnnc(Nc2ccc3ncc(/C=C/c4ccncc4)cc3n2)c1. The molecule has 7 heterocycles. The summed E-state index contributed by atoms with van der Waals surface area (Å²) < 4.78 is 0. The molecule has 0 aliphatic heterocycles. The molecule has 50 heavy (non-hydrogen) atoms. The molecule has 7 aromatic rings. The van der Waals surface area contributed by atoms with Crippen molar-refractivity contribution in [3.8, 4) is 0 Å². The first-order valence-corrected chi connectivity index (χ1v) is 16.3. The number of nitrogens with one attached hydrogen (secondary N) is 2. The van der Waals surface area contributed by atoms with Gasteiger partial charge in [-0.15, -0.1) is 10.2 Å². The first kappa shape index (κ1) is 33.4. The van der Waals surface area contributed by atoms with Crippen LogP contribution in [0.3, 0.4) is 0 Å². The van der Waals surface area contributed by atoms with Crippen LogP contribution in [0.2, 0.25) is 0 Å². The third-order valence-electron chi connectivity index (χ3n) is 7.72. The van der Waals surface area contributed by atoms with Gasteiger partial charge in [-0.25, -0.2) is 9.97 Å². The Morgan fingerprint density at radius 3 is 1.56 bits per heavy atom. The van der Waals surface area contributed by atoms with E-state index in [1.165, 1.54) is 0 Å². The van der Waals surface area contributed by atoms with Crippen molar-refractivity contribution >= 4 is 63.6 Å². The molecular formula is C39H37N11. The summed E-state index contributed by atoms with van der Waals surface area (Å²) in [6.07, 6.45) is 16.5. The molecule has 7 aromatic heterocycles. The van der Waals surface area contributed by atoms with E-state index in [2.05, 4.69) is 90.2 Å². The topological polar surface area (TPSA) is 140 Å². The summed E-state index contributed by atoms with van der Waals surface area (Å²) in [5.74, 6) is 3.58. The van der Waals surface area contributed by atoms with Gasteiger partial charge in [-0.05, 0) is 100 Å². The first-order chi connectivity index (χ1) is 24.3. The molecule has 0 aromatic carbocycles. The average molecular weight is 660 g/mol. The van der Waals surface area contributed by atoms with Crippen LogP contribution < -0.4 is 10.6 Å². The van der Waals surface area contributed by atoms with Crippen molar-refractivity contribution in [2.45, 2.75) is 39.5 Å². The number of hydrogen-bond acceptors (Lipinski definition) is 11. The highest BCUT2D eigenvalue weighted by molar-refractivity contribution is 5.81. The highest BCUT2D eigenvalue weighted by atomic mass is 15.2. The maximum absolute atomic E-state index is 4.68. The molecule has 248 valence electrons. The third-order valence-corrected chi connectivity index (χ3v) is 7.72. The summed E-state index contributed by atoms with van der Waals surface area (Å²) >= 11 is 0. The Morgan fingerprint density at radius 2 is 1.04 bits per heavy atom. The summed E-state index contributed by atoms with van der Waals surface area (Å²) in [5, 5.41) is 22.8. The Balaban J connectivity index is 0.000000178. The molecule has 0 fully saturated rings. The van der Waals surface area contributed by atoms with E-state index in [1.54, 1.807) is 37.1 Å². The molecule has 2 N–H and O–H groups in total.